The van der Waals surface area contributed by atoms with Gasteiger partial charge < -0.3 is 20.0 Å². The lowest BCUT2D eigenvalue weighted by Crippen LogP contribution is -2.69. The number of benzene rings is 2. The second kappa shape index (κ2) is 22.9. The molecule has 0 aliphatic heterocycles. The van der Waals surface area contributed by atoms with Gasteiger partial charge in [-0.1, -0.05) is 75.7 Å². The van der Waals surface area contributed by atoms with Crippen LogP contribution in [0.3, 0.4) is 0 Å². The molecule has 0 saturated heterocycles. The zero-order valence-electron chi connectivity index (χ0n) is 29.1. The Balaban J connectivity index is 1.42. The van der Waals surface area contributed by atoms with Gasteiger partial charge in [0, 0.05) is 72.8 Å². The van der Waals surface area contributed by atoms with Crippen LogP contribution in [0, 0.1) is 0 Å². The Morgan fingerprint density at radius 3 is 1.92 bits per heavy atom. The average Bonchev–Trinajstić information content (AvgIpc) is 3.10. The molecule has 0 aliphatic carbocycles. The second-order valence-corrected chi connectivity index (χ2v) is 14.0. The number of hydrogen-bond donors (Lipinski definition) is 3. The first kappa shape index (κ1) is 38.9. The van der Waals surface area contributed by atoms with E-state index in [4.69, 9.17) is 5.11 Å². The van der Waals surface area contributed by atoms with Crippen LogP contribution in [0.2, 0.25) is 0 Å². The van der Waals surface area contributed by atoms with Crippen molar-refractivity contribution in [1.29, 1.82) is 0 Å². The van der Waals surface area contributed by atoms with Crippen LogP contribution >= 0.6 is 21.6 Å². The topological polar surface area (TPSA) is 64.8 Å². The Bertz CT molecular complexity index is 1500. The standard InChI is InChI=1S/C40H53N4O2S2/c1-5-42(38-18-14-36(15-19-38)32-34(3)12-8-7-10-22-41-23-28-45)26-30-47-48-31-27-43(6-2)39-20-16-37(17-21-39)33-35(4)40-13-9-11-24-44(40)25-29-46/h7-22,24,32-33,45-46H,5-6,23,25-31H2,1-4H3/q+1/p+1/b10-7-,12-8+,34-32+,41-22?. The zero-order chi connectivity index (χ0) is 34.4. The van der Waals surface area contributed by atoms with E-state index in [1.165, 1.54) is 33.6 Å². The summed E-state index contributed by atoms with van der Waals surface area (Å²) in [4.78, 5) is 7.89. The van der Waals surface area contributed by atoms with Crippen LogP contribution in [0.4, 0.5) is 11.4 Å². The minimum Gasteiger partial charge on any atom is -0.390 e. The first-order valence-electron chi connectivity index (χ1n) is 16.9. The van der Waals surface area contributed by atoms with E-state index in [2.05, 4.69) is 120 Å². The number of aromatic nitrogens is 1. The molecule has 0 spiro atoms. The maximum absolute atomic E-state index is 9.41. The molecule has 256 valence electrons. The lowest BCUT2D eigenvalue weighted by molar-refractivity contribution is -0.700. The Morgan fingerprint density at radius 2 is 1.35 bits per heavy atom. The van der Waals surface area contributed by atoms with E-state index in [0.29, 0.717) is 13.1 Å². The number of nitrogens with one attached hydrogen (secondary N) is 1. The van der Waals surface area contributed by atoms with Crippen LogP contribution < -0.4 is 19.4 Å². The summed E-state index contributed by atoms with van der Waals surface area (Å²) in [5, 5.41) is 18.2. The number of anilines is 2. The molecule has 0 unspecified atom stereocenters. The van der Waals surface area contributed by atoms with Gasteiger partial charge in [0.15, 0.2) is 25.5 Å². The molecular formula is C40H54N4O2S2+2. The molecule has 2 aromatic carbocycles. The molecule has 0 radical (unpaired) electrons. The van der Waals surface area contributed by atoms with E-state index in [-0.39, 0.29) is 13.2 Å². The molecule has 0 fully saturated rings. The number of aliphatic hydroxyl groups is 2. The van der Waals surface area contributed by atoms with E-state index < -0.39 is 0 Å². The summed E-state index contributed by atoms with van der Waals surface area (Å²) in [6, 6.07) is 23.8. The quantitative estimate of drug-likeness (QED) is 0.0426. The van der Waals surface area contributed by atoms with E-state index in [0.717, 1.165) is 43.4 Å². The fraction of sp³-hybridized carbons (Fsp3) is 0.350. The summed E-state index contributed by atoms with van der Waals surface area (Å²) in [5.74, 6) is 2.16. The van der Waals surface area contributed by atoms with E-state index >= 15 is 0 Å². The van der Waals surface area contributed by atoms with Gasteiger partial charge in [0.25, 0.3) is 0 Å². The van der Waals surface area contributed by atoms with Gasteiger partial charge in [0.2, 0.25) is 5.69 Å². The summed E-state index contributed by atoms with van der Waals surface area (Å²) in [5.41, 5.74) is 8.39. The van der Waals surface area contributed by atoms with E-state index in [1.54, 1.807) is 0 Å². The number of nitrogens with zero attached hydrogens (tertiary/aromatic N) is 3. The Kier molecular flexibility index (Phi) is 18.6. The van der Waals surface area contributed by atoms with Gasteiger partial charge in [-0.25, -0.2) is 4.99 Å². The van der Waals surface area contributed by atoms with Crippen molar-refractivity contribution in [2.45, 2.75) is 34.2 Å². The summed E-state index contributed by atoms with van der Waals surface area (Å²) in [7, 11) is 3.92. The molecule has 0 atom stereocenters. The first-order chi connectivity index (χ1) is 23.5. The fourth-order valence-corrected chi connectivity index (χ4v) is 7.21. The maximum Gasteiger partial charge on any atom is 0.208 e. The SMILES string of the molecule is CCN(CCSSCCN(CC)c1ccc(/C=C(\C)c2cccc[n+]2CCO)cc1)c1ccc(/C=C(C)/C=C/C=C\C=[NH+]CCO)cc1. The van der Waals surface area contributed by atoms with Crippen molar-refractivity contribution in [3.05, 3.63) is 120 Å². The highest BCUT2D eigenvalue weighted by Crippen LogP contribution is 2.25. The van der Waals surface area contributed by atoms with Crippen LogP contribution in [0.15, 0.2) is 103 Å². The third-order valence-electron chi connectivity index (χ3n) is 7.77. The van der Waals surface area contributed by atoms with Crippen molar-refractivity contribution in [3.63, 3.8) is 0 Å². The molecule has 8 heteroatoms. The van der Waals surface area contributed by atoms with Crippen molar-refractivity contribution in [2.24, 2.45) is 0 Å². The van der Waals surface area contributed by atoms with Gasteiger partial charge in [0.05, 0.1) is 0 Å². The number of hydrogen-bond acceptors (Lipinski definition) is 6. The van der Waals surface area contributed by atoms with Crippen LogP contribution in [0.1, 0.15) is 44.5 Å². The molecule has 3 rings (SSSR count). The van der Waals surface area contributed by atoms with Crippen molar-refractivity contribution in [3.8, 4) is 0 Å². The van der Waals surface area contributed by atoms with Gasteiger partial charge in [-0.2, -0.15) is 4.57 Å². The maximum atomic E-state index is 9.41. The highest BCUT2D eigenvalue weighted by molar-refractivity contribution is 8.76. The summed E-state index contributed by atoms with van der Waals surface area (Å²) >= 11 is 0. The van der Waals surface area contributed by atoms with Gasteiger partial charge in [0.1, 0.15) is 13.2 Å². The van der Waals surface area contributed by atoms with Crippen molar-refractivity contribution in [2.75, 3.05) is 67.2 Å². The monoisotopic (exact) mass is 686 g/mol. The minimum atomic E-state index is 0.127. The largest absolute Gasteiger partial charge is 0.390 e. The first-order valence-corrected chi connectivity index (χ1v) is 19.4. The molecule has 3 N–H and O–H groups in total. The average molecular weight is 687 g/mol. The van der Waals surface area contributed by atoms with E-state index in [9.17, 15) is 5.11 Å². The molecule has 1 heterocycles. The van der Waals surface area contributed by atoms with Crippen LogP contribution in [-0.2, 0) is 6.54 Å². The molecular weight excluding hydrogens is 633 g/mol. The number of aliphatic hydroxyl groups excluding tert-OH is 2. The molecule has 48 heavy (non-hydrogen) atoms. The van der Waals surface area contributed by atoms with Crippen molar-refractivity contribution in [1.82, 2.24) is 0 Å². The second-order valence-electron chi connectivity index (χ2n) is 11.3. The Morgan fingerprint density at radius 1 is 0.750 bits per heavy atom. The van der Waals surface area contributed by atoms with Crippen LogP contribution in [0.25, 0.3) is 17.7 Å². The predicted octanol–water partition coefficient (Wildman–Crippen LogP) is 5.92. The van der Waals surface area contributed by atoms with Gasteiger partial charge in [-0.15, -0.1) is 0 Å². The molecule has 0 amide bonds. The number of pyridine rings is 1. The molecule has 6 nitrogen and oxygen atoms in total. The zero-order valence-corrected chi connectivity index (χ0v) is 30.7. The van der Waals surface area contributed by atoms with Gasteiger partial charge in [-0.05, 0) is 75.2 Å². The highest BCUT2D eigenvalue weighted by atomic mass is 33.1. The Hall–Kier alpha value is -3.56. The van der Waals surface area contributed by atoms with Gasteiger partial charge in [-0.3, -0.25) is 0 Å². The number of allylic oxidation sites excluding steroid dienone is 6. The smallest absolute Gasteiger partial charge is 0.208 e. The summed E-state index contributed by atoms with van der Waals surface area (Å²) in [6.07, 6.45) is 16.3. The van der Waals surface area contributed by atoms with Crippen molar-refractivity contribution < 1.29 is 19.8 Å². The van der Waals surface area contributed by atoms with Crippen LogP contribution in [0.5, 0.6) is 0 Å². The fourth-order valence-electron chi connectivity index (χ4n) is 5.23. The van der Waals surface area contributed by atoms with Crippen molar-refractivity contribution >= 4 is 56.9 Å². The number of rotatable bonds is 21. The predicted molar refractivity (Wildman–Crippen MR) is 212 cm³/mol. The van der Waals surface area contributed by atoms with Crippen LogP contribution in [-0.4, -0.2) is 73.9 Å². The minimum absolute atomic E-state index is 0.127. The molecule has 3 aromatic rings. The normalized spacial score (nSPS) is 12.5. The third kappa shape index (κ3) is 13.9. The molecule has 1 aromatic heterocycles. The lowest BCUT2D eigenvalue weighted by Gasteiger charge is -2.24. The highest BCUT2D eigenvalue weighted by Gasteiger charge is 2.11. The molecule has 0 bridgehead atoms. The van der Waals surface area contributed by atoms with Gasteiger partial charge >= 0.3 is 0 Å². The summed E-state index contributed by atoms with van der Waals surface area (Å²) < 4.78 is 2.09. The molecule has 0 saturated carbocycles. The lowest BCUT2D eigenvalue weighted by atomic mass is 10.1. The summed E-state index contributed by atoms with van der Waals surface area (Å²) in [6.45, 7) is 14.1. The van der Waals surface area contributed by atoms with E-state index in [1.807, 2.05) is 64.4 Å². The molecule has 0 aliphatic rings. The Labute approximate surface area is 296 Å². The third-order valence-corrected chi connectivity index (χ3v) is 10.1.